The van der Waals surface area contributed by atoms with E-state index in [1.165, 1.54) is 27.1 Å². The molecule has 0 saturated heterocycles. The lowest BCUT2D eigenvalue weighted by atomic mass is 9.98. The third-order valence-corrected chi connectivity index (χ3v) is 6.34. The van der Waals surface area contributed by atoms with Crippen LogP contribution in [0.15, 0.2) is 54.6 Å². The van der Waals surface area contributed by atoms with E-state index >= 15 is 0 Å². The molecule has 0 amide bonds. The lowest BCUT2D eigenvalue weighted by Gasteiger charge is -2.22. The zero-order valence-corrected chi connectivity index (χ0v) is 15.0. The normalized spacial score (nSPS) is 13.0. The molecular weight excluding hydrogens is 300 g/mol. The molecule has 0 aliphatic carbocycles. The van der Waals surface area contributed by atoms with Crippen molar-refractivity contribution in [2.45, 2.75) is 26.3 Å². The van der Waals surface area contributed by atoms with Crippen molar-refractivity contribution in [1.29, 1.82) is 0 Å². The summed E-state index contributed by atoms with van der Waals surface area (Å²) in [6.07, 6.45) is 0. The van der Waals surface area contributed by atoms with Crippen molar-refractivity contribution in [3.63, 3.8) is 0 Å². The summed E-state index contributed by atoms with van der Waals surface area (Å²) in [5, 5.41) is 5.15. The van der Waals surface area contributed by atoms with Crippen molar-refractivity contribution in [1.82, 2.24) is 0 Å². The van der Waals surface area contributed by atoms with Crippen LogP contribution in [-0.4, -0.2) is 22.5 Å². The van der Waals surface area contributed by atoms with E-state index < -0.39 is 9.28 Å². The van der Waals surface area contributed by atoms with Crippen molar-refractivity contribution < 1.29 is 8.85 Å². The molecule has 0 bridgehead atoms. The highest BCUT2D eigenvalue weighted by Gasteiger charge is 2.26. The van der Waals surface area contributed by atoms with Crippen molar-refractivity contribution in [2.75, 3.05) is 13.2 Å². The van der Waals surface area contributed by atoms with Gasteiger partial charge in [-0.2, -0.15) is 0 Å². The second-order valence-corrected chi connectivity index (χ2v) is 7.76. The van der Waals surface area contributed by atoms with Crippen LogP contribution in [0.25, 0.3) is 21.5 Å². The first-order valence-corrected chi connectivity index (χ1v) is 9.67. The summed E-state index contributed by atoms with van der Waals surface area (Å²) in [5.74, 6) is 0. The zero-order chi connectivity index (χ0) is 16.2. The first-order valence-electron chi connectivity index (χ1n) is 8.28. The molecule has 0 spiro atoms. The highest BCUT2D eigenvalue weighted by atomic mass is 28.3. The third-order valence-electron chi connectivity index (χ3n) is 4.17. The molecule has 3 aromatic carbocycles. The van der Waals surface area contributed by atoms with Gasteiger partial charge in [0.2, 0.25) is 0 Å². The fourth-order valence-electron chi connectivity index (χ4n) is 3.07. The summed E-state index contributed by atoms with van der Waals surface area (Å²) in [6.45, 7) is 7.70. The predicted octanol–water partition coefficient (Wildman–Crippen LogP) is 5.20. The molecule has 3 heteroatoms. The van der Waals surface area contributed by atoms with E-state index in [0.29, 0.717) is 13.2 Å². The quantitative estimate of drug-likeness (QED) is 0.459. The molecular formula is C20H23O2Si. The molecule has 3 aromatic rings. The SMILES string of the molecule is CCO[Si](OCC)C(C)c1cccc2cc3ccccc3cc12. The molecule has 3 rings (SSSR count). The van der Waals surface area contributed by atoms with Gasteiger partial charge in [-0.3, -0.25) is 0 Å². The van der Waals surface area contributed by atoms with E-state index in [4.69, 9.17) is 8.85 Å². The monoisotopic (exact) mass is 323 g/mol. The molecule has 1 radical (unpaired) electrons. The molecule has 1 atom stereocenters. The summed E-state index contributed by atoms with van der Waals surface area (Å²) in [5.41, 5.74) is 1.61. The molecule has 0 aliphatic heterocycles. The molecule has 119 valence electrons. The number of benzene rings is 3. The topological polar surface area (TPSA) is 18.5 Å². The highest BCUT2D eigenvalue weighted by molar-refractivity contribution is 6.46. The van der Waals surface area contributed by atoms with Gasteiger partial charge in [0.05, 0.1) is 0 Å². The number of fused-ring (bicyclic) bond motifs is 2. The summed E-state index contributed by atoms with van der Waals surface area (Å²) in [6, 6.07) is 19.6. The van der Waals surface area contributed by atoms with Crippen molar-refractivity contribution in [3.8, 4) is 0 Å². The van der Waals surface area contributed by atoms with Gasteiger partial charge in [0.25, 0.3) is 0 Å². The highest BCUT2D eigenvalue weighted by Crippen LogP contribution is 2.31. The molecule has 0 N–H and O–H groups in total. The predicted molar refractivity (Wildman–Crippen MR) is 98.9 cm³/mol. The van der Waals surface area contributed by atoms with Crippen LogP contribution in [0.1, 0.15) is 31.9 Å². The Morgan fingerprint density at radius 1 is 0.826 bits per heavy atom. The maximum atomic E-state index is 5.91. The van der Waals surface area contributed by atoms with E-state index in [2.05, 4.69) is 61.5 Å². The van der Waals surface area contributed by atoms with Crippen molar-refractivity contribution in [3.05, 3.63) is 60.2 Å². The van der Waals surface area contributed by atoms with Crippen LogP contribution in [0.4, 0.5) is 0 Å². The van der Waals surface area contributed by atoms with Gasteiger partial charge in [0, 0.05) is 18.8 Å². The standard InChI is InChI=1S/C20H23O2Si/c1-4-21-23(22-5-2)15(3)19-12-8-11-18-13-16-9-6-7-10-17(16)14-20(18)19/h6-15H,4-5H2,1-3H3. The Morgan fingerprint density at radius 3 is 2.09 bits per heavy atom. The Balaban J connectivity index is 2.10. The van der Waals surface area contributed by atoms with Gasteiger partial charge in [-0.15, -0.1) is 0 Å². The average molecular weight is 323 g/mol. The van der Waals surface area contributed by atoms with Crippen molar-refractivity contribution >= 4 is 30.8 Å². The number of rotatable bonds is 6. The Labute approximate surface area is 139 Å². The van der Waals surface area contributed by atoms with Gasteiger partial charge < -0.3 is 8.85 Å². The maximum Gasteiger partial charge on any atom is 0.392 e. The maximum absolute atomic E-state index is 5.91. The van der Waals surface area contributed by atoms with E-state index in [1.807, 2.05) is 13.8 Å². The summed E-state index contributed by atoms with van der Waals surface area (Å²) in [7, 11) is -1.32. The van der Waals surface area contributed by atoms with Gasteiger partial charge in [0.1, 0.15) is 0 Å². The number of hydrogen-bond donors (Lipinski definition) is 0. The van der Waals surface area contributed by atoms with E-state index in [9.17, 15) is 0 Å². The van der Waals surface area contributed by atoms with Crippen LogP contribution in [0.3, 0.4) is 0 Å². The minimum Gasteiger partial charge on any atom is -0.393 e. The molecule has 2 nitrogen and oxygen atoms in total. The van der Waals surface area contributed by atoms with Gasteiger partial charge in [-0.05, 0) is 53.1 Å². The van der Waals surface area contributed by atoms with Gasteiger partial charge >= 0.3 is 9.28 Å². The van der Waals surface area contributed by atoms with Crippen molar-refractivity contribution in [2.24, 2.45) is 0 Å². The van der Waals surface area contributed by atoms with E-state index in [0.717, 1.165) is 0 Å². The first-order chi connectivity index (χ1) is 11.2. The molecule has 0 fully saturated rings. The van der Waals surface area contributed by atoms with Crippen LogP contribution in [0, 0.1) is 0 Å². The lowest BCUT2D eigenvalue weighted by Crippen LogP contribution is -2.30. The molecule has 0 aliphatic rings. The van der Waals surface area contributed by atoms with Crippen LogP contribution in [0.5, 0.6) is 0 Å². The summed E-state index contributed by atoms with van der Waals surface area (Å²) < 4.78 is 11.8. The lowest BCUT2D eigenvalue weighted by molar-refractivity contribution is 0.206. The van der Waals surface area contributed by atoms with E-state index in [-0.39, 0.29) is 5.54 Å². The molecule has 0 saturated carbocycles. The van der Waals surface area contributed by atoms with Crippen LogP contribution < -0.4 is 0 Å². The minimum atomic E-state index is -1.32. The smallest absolute Gasteiger partial charge is 0.392 e. The van der Waals surface area contributed by atoms with Crippen LogP contribution in [-0.2, 0) is 8.85 Å². The van der Waals surface area contributed by atoms with Gasteiger partial charge in [0.15, 0.2) is 0 Å². The largest absolute Gasteiger partial charge is 0.393 e. The molecule has 0 aromatic heterocycles. The summed E-state index contributed by atoms with van der Waals surface area (Å²) >= 11 is 0. The molecule has 1 unspecified atom stereocenters. The Morgan fingerprint density at radius 2 is 1.43 bits per heavy atom. The Bertz CT molecular complexity index is 794. The van der Waals surface area contributed by atoms with Crippen LogP contribution >= 0.6 is 0 Å². The first kappa shape index (κ1) is 16.2. The van der Waals surface area contributed by atoms with E-state index in [1.54, 1.807) is 0 Å². The molecule has 0 heterocycles. The van der Waals surface area contributed by atoms with Gasteiger partial charge in [-0.25, -0.2) is 0 Å². The second-order valence-electron chi connectivity index (χ2n) is 5.67. The Kier molecular flexibility index (Phi) is 5.11. The second kappa shape index (κ2) is 7.26. The molecule has 23 heavy (non-hydrogen) atoms. The average Bonchev–Trinajstić information content (AvgIpc) is 2.58. The Hall–Kier alpha value is -1.68. The fraction of sp³-hybridized carbons (Fsp3) is 0.300. The number of hydrogen-bond acceptors (Lipinski definition) is 2. The summed E-state index contributed by atoms with van der Waals surface area (Å²) in [4.78, 5) is 0. The van der Waals surface area contributed by atoms with Gasteiger partial charge in [-0.1, -0.05) is 49.4 Å². The van der Waals surface area contributed by atoms with Crippen LogP contribution in [0.2, 0.25) is 0 Å². The fourth-order valence-corrected chi connectivity index (χ4v) is 4.73. The third kappa shape index (κ3) is 3.32. The minimum absolute atomic E-state index is 0.282. The zero-order valence-electron chi connectivity index (χ0n) is 14.0.